The second kappa shape index (κ2) is 9.72. The number of ketones is 1. The molecular weight excluding hydrogens is 428 g/mol. The number of thiophene rings is 1. The first-order chi connectivity index (χ1) is 15.2. The molecule has 0 saturated carbocycles. The predicted octanol–water partition coefficient (Wildman–Crippen LogP) is 5.32. The van der Waals surface area contributed by atoms with Gasteiger partial charge in [0, 0.05) is 23.4 Å². The number of nitrogens with one attached hydrogen (secondary N) is 1. The highest BCUT2D eigenvalue weighted by atomic mass is 32.2. The average Bonchev–Trinajstić information content (AvgIpc) is 3.48. The van der Waals surface area contributed by atoms with E-state index in [4.69, 9.17) is 0 Å². The fraction of sp³-hybridized carbons (Fsp3) is 0.130. The maximum atomic E-state index is 12.7. The van der Waals surface area contributed by atoms with Crippen LogP contribution in [0.4, 0.5) is 5.69 Å². The van der Waals surface area contributed by atoms with Gasteiger partial charge in [-0.15, -0.1) is 21.5 Å². The quantitative estimate of drug-likeness (QED) is 0.292. The van der Waals surface area contributed by atoms with Crippen molar-refractivity contribution in [2.75, 3.05) is 11.1 Å². The smallest absolute Gasteiger partial charge is 0.224 e. The second-order valence-electron chi connectivity index (χ2n) is 6.65. The highest BCUT2D eigenvalue weighted by Gasteiger charge is 2.18. The predicted molar refractivity (Wildman–Crippen MR) is 125 cm³/mol. The minimum atomic E-state index is -0.0589. The number of anilines is 1. The molecule has 0 aliphatic carbocycles. The van der Waals surface area contributed by atoms with Crippen molar-refractivity contribution in [3.63, 3.8) is 0 Å². The van der Waals surface area contributed by atoms with Crippen molar-refractivity contribution in [2.45, 2.75) is 18.5 Å². The van der Waals surface area contributed by atoms with Crippen LogP contribution in [0.2, 0.25) is 0 Å². The monoisotopic (exact) mass is 448 g/mol. The van der Waals surface area contributed by atoms with Crippen LogP contribution in [-0.4, -0.2) is 32.2 Å². The molecule has 0 radical (unpaired) electrons. The summed E-state index contributed by atoms with van der Waals surface area (Å²) in [6, 6.07) is 20.8. The van der Waals surface area contributed by atoms with Crippen molar-refractivity contribution in [3.8, 4) is 16.4 Å². The Morgan fingerprint density at radius 1 is 1.00 bits per heavy atom. The summed E-state index contributed by atoms with van der Waals surface area (Å²) in [6.07, 6.45) is 0.410. The molecule has 4 aromatic rings. The summed E-state index contributed by atoms with van der Waals surface area (Å²) < 4.78 is 1.98. The van der Waals surface area contributed by atoms with Crippen LogP contribution < -0.4 is 5.32 Å². The Labute approximate surface area is 188 Å². The molecule has 2 heterocycles. The zero-order chi connectivity index (χ0) is 21.6. The van der Waals surface area contributed by atoms with Gasteiger partial charge < -0.3 is 5.32 Å². The van der Waals surface area contributed by atoms with Crippen molar-refractivity contribution < 1.29 is 9.59 Å². The number of nitrogens with zero attached hydrogens (tertiary/aromatic N) is 3. The molecule has 0 aliphatic heterocycles. The molecule has 8 heteroatoms. The molecule has 0 spiro atoms. The zero-order valence-electron chi connectivity index (χ0n) is 16.8. The molecule has 0 unspecified atom stereocenters. The Morgan fingerprint density at radius 3 is 2.45 bits per heavy atom. The van der Waals surface area contributed by atoms with E-state index >= 15 is 0 Å². The van der Waals surface area contributed by atoms with Crippen LogP contribution in [-0.2, 0) is 4.79 Å². The van der Waals surface area contributed by atoms with E-state index in [0.717, 1.165) is 16.4 Å². The summed E-state index contributed by atoms with van der Waals surface area (Å²) in [7, 11) is 0. The first kappa shape index (κ1) is 21.0. The number of amides is 1. The molecule has 156 valence electrons. The van der Waals surface area contributed by atoms with E-state index in [0.29, 0.717) is 22.8 Å². The number of rotatable bonds is 8. The van der Waals surface area contributed by atoms with E-state index in [2.05, 4.69) is 15.5 Å². The summed E-state index contributed by atoms with van der Waals surface area (Å²) >= 11 is 2.95. The van der Waals surface area contributed by atoms with E-state index in [1.54, 1.807) is 42.5 Å². The Kier molecular flexibility index (Phi) is 6.59. The Bertz CT molecular complexity index is 1170. The molecule has 0 bridgehead atoms. The van der Waals surface area contributed by atoms with Crippen molar-refractivity contribution >= 4 is 40.5 Å². The van der Waals surface area contributed by atoms with Crippen LogP contribution in [0.25, 0.3) is 16.4 Å². The molecular formula is C23H20N4O2S2. The summed E-state index contributed by atoms with van der Waals surface area (Å²) in [4.78, 5) is 25.2. The number of hydrogen-bond donors (Lipinski definition) is 1. The van der Waals surface area contributed by atoms with Crippen molar-refractivity contribution in [2.24, 2.45) is 0 Å². The van der Waals surface area contributed by atoms with Crippen molar-refractivity contribution in [1.82, 2.24) is 14.8 Å². The van der Waals surface area contributed by atoms with Gasteiger partial charge in [0.2, 0.25) is 5.91 Å². The summed E-state index contributed by atoms with van der Waals surface area (Å²) in [5, 5.41) is 14.2. The minimum Gasteiger partial charge on any atom is -0.326 e. The summed E-state index contributed by atoms with van der Waals surface area (Å²) in [5.74, 6) is 0.915. The molecule has 0 fully saturated rings. The summed E-state index contributed by atoms with van der Waals surface area (Å²) in [6.45, 7) is 1.79. The van der Waals surface area contributed by atoms with Crippen LogP contribution in [0.5, 0.6) is 0 Å². The van der Waals surface area contributed by atoms with E-state index in [-0.39, 0.29) is 17.4 Å². The normalized spacial score (nSPS) is 10.7. The van der Waals surface area contributed by atoms with Gasteiger partial charge in [-0.1, -0.05) is 43.0 Å². The molecule has 6 nitrogen and oxygen atoms in total. The minimum absolute atomic E-state index is 0.0151. The molecule has 31 heavy (non-hydrogen) atoms. The van der Waals surface area contributed by atoms with Crippen LogP contribution in [0, 0.1) is 0 Å². The number of carbonyl (C=O) groups excluding carboxylic acids is 2. The Morgan fingerprint density at radius 2 is 1.77 bits per heavy atom. The maximum Gasteiger partial charge on any atom is 0.224 e. The molecule has 0 saturated heterocycles. The van der Waals surface area contributed by atoms with Gasteiger partial charge in [-0.2, -0.15) is 0 Å². The van der Waals surface area contributed by atoms with Gasteiger partial charge in [0.15, 0.2) is 16.8 Å². The Balaban J connectivity index is 1.52. The van der Waals surface area contributed by atoms with Gasteiger partial charge >= 0.3 is 0 Å². The third-order valence-electron chi connectivity index (χ3n) is 4.53. The fourth-order valence-corrected chi connectivity index (χ4v) is 4.49. The topological polar surface area (TPSA) is 76.9 Å². The maximum absolute atomic E-state index is 12.7. The highest BCUT2D eigenvalue weighted by Crippen LogP contribution is 2.30. The second-order valence-corrected chi connectivity index (χ2v) is 8.54. The fourth-order valence-electron chi connectivity index (χ4n) is 2.94. The SMILES string of the molecule is CCC(=O)Nc1ccc(C(=O)CSc2nnc(-c3cccs3)n2-c2ccccc2)cc1. The first-order valence-corrected chi connectivity index (χ1v) is 11.6. The van der Waals surface area contributed by atoms with E-state index in [1.807, 2.05) is 52.4 Å². The van der Waals surface area contributed by atoms with Crippen LogP contribution >= 0.6 is 23.1 Å². The third kappa shape index (κ3) is 4.92. The van der Waals surface area contributed by atoms with Gasteiger partial charge in [0.1, 0.15) is 0 Å². The van der Waals surface area contributed by atoms with Gasteiger partial charge in [0.25, 0.3) is 0 Å². The Hall–Kier alpha value is -3.23. The van der Waals surface area contributed by atoms with Crippen molar-refractivity contribution in [3.05, 3.63) is 77.7 Å². The lowest BCUT2D eigenvalue weighted by Gasteiger charge is -2.09. The van der Waals surface area contributed by atoms with Gasteiger partial charge in [-0.05, 0) is 47.8 Å². The van der Waals surface area contributed by atoms with Gasteiger partial charge in [-0.25, -0.2) is 0 Å². The first-order valence-electron chi connectivity index (χ1n) is 9.76. The van der Waals surface area contributed by atoms with Gasteiger partial charge in [0.05, 0.1) is 10.6 Å². The van der Waals surface area contributed by atoms with Crippen LogP contribution in [0.1, 0.15) is 23.7 Å². The summed E-state index contributed by atoms with van der Waals surface area (Å²) in [5.41, 5.74) is 2.22. The largest absolute Gasteiger partial charge is 0.326 e. The number of aromatic nitrogens is 3. The average molecular weight is 449 g/mol. The molecule has 2 aromatic heterocycles. The molecule has 0 atom stereocenters. The lowest BCUT2D eigenvalue weighted by molar-refractivity contribution is -0.115. The molecule has 4 rings (SSSR count). The van der Waals surface area contributed by atoms with Crippen molar-refractivity contribution in [1.29, 1.82) is 0 Å². The number of carbonyl (C=O) groups is 2. The van der Waals surface area contributed by atoms with E-state index in [9.17, 15) is 9.59 Å². The van der Waals surface area contributed by atoms with E-state index < -0.39 is 0 Å². The lowest BCUT2D eigenvalue weighted by atomic mass is 10.1. The number of Topliss-reactive ketones (excluding diaryl/α,β-unsaturated/α-hetero) is 1. The van der Waals surface area contributed by atoms with E-state index in [1.165, 1.54) is 11.8 Å². The molecule has 0 aliphatic rings. The standard InChI is InChI=1S/C23H20N4O2S2/c1-2-21(29)24-17-12-10-16(11-13-17)19(28)15-31-23-26-25-22(20-9-6-14-30-20)27(23)18-7-4-3-5-8-18/h3-14H,2,15H2,1H3,(H,24,29). The highest BCUT2D eigenvalue weighted by molar-refractivity contribution is 7.99. The third-order valence-corrected chi connectivity index (χ3v) is 6.33. The molecule has 1 amide bonds. The van der Waals surface area contributed by atoms with Gasteiger partial charge in [-0.3, -0.25) is 14.2 Å². The number of thioether (sulfide) groups is 1. The molecule has 2 aromatic carbocycles. The zero-order valence-corrected chi connectivity index (χ0v) is 18.5. The number of benzene rings is 2. The van der Waals surface area contributed by atoms with Crippen LogP contribution in [0.3, 0.4) is 0 Å². The lowest BCUT2D eigenvalue weighted by Crippen LogP contribution is -2.10. The number of hydrogen-bond acceptors (Lipinski definition) is 6. The van der Waals surface area contributed by atoms with Crippen LogP contribution in [0.15, 0.2) is 77.3 Å². The molecule has 1 N–H and O–H groups in total. The number of para-hydroxylation sites is 1.